The van der Waals surface area contributed by atoms with Crippen molar-refractivity contribution in [2.75, 3.05) is 13.7 Å². The van der Waals surface area contributed by atoms with Crippen molar-refractivity contribution in [3.63, 3.8) is 0 Å². The van der Waals surface area contributed by atoms with E-state index in [1.165, 1.54) is 16.0 Å². The van der Waals surface area contributed by atoms with Crippen LogP contribution in [-0.2, 0) is 0 Å². The normalized spacial score (nSPS) is 12.4. The Labute approximate surface area is 136 Å². The summed E-state index contributed by atoms with van der Waals surface area (Å²) in [6.45, 7) is 7.31. The van der Waals surface area contributed by atoms with Gasteiger partial charge in [-0.05, 0) is 61.0 Å². The van der Waals surface area contributed by atoms with Gasteiger partial charge >= 0.3 is 0 Å². The van der Waals surface area contributed by atoms with Gasteiger partial charge in [0, 0.05) is 4.88 Å². The van der Waals surface area contributed by atoms with Crippen LogP contribution < -0.4 is 10.1 Å². The molecule has 0 aliphatic carbocycles. The van der Waals surface area contributed by atoms with Crippen molar-refractivity contribution in [1.29, 1.82) is 0 Å². The number of hydrogen-bond acceptors (Lipinski definition) is 3. The molecule has 2 nitrogen and oxygen atoms in total. The maximum Gasteiger partial charge on any atom is 0.119 e. The lowest BCUT2D eigenvalue weighted by Crippen LogP contribution is -2.23. The van der Waals surface area contributed by atoms with Gasteiger partial charge in [-0.2, -0.15) is 0 Å². The van der Waals surface area contributed by atoms with Crippen LogP contribution in [0.2, 0.25) is 5.02 Å². The van der Waals surface area contributed by atoms with E-state index >= 15 is 0 Å². The summed E-state index contributed by atoms with van der Waals surface area (Å²) < 4.78 is 5.30. The minimum atomic E-state index is 0.141. The van der Waals surface area contributed by atoms with Crippen LogP contribution in [0.3, 0.4) is 0 Å². The predicted octanol–water partition coefficient (Wildman–Crippen LogP) is 5.12. The minimum Gasteiger partial charge on any atom is -0.497 e. The van der Waals surface area contributed by atoms with Gasteiger partial charge in [0.05, 0.1) is 18.2 Å². The fraction of sp³-hybridized carbons (Fsp3) is 0.412. The molecule has 114 valence electrons. The van der Waals surface area contributed by atoms with Gasteiger partial charge in [0.2, 0.25) is 0 Å². The van der Waals surface area contributed by atoms with E-state index in [1.54, 1.807) is 18.4 Å². The number of hydrogen-bond donors (Lipinski definition) is 1. The Kier molecular flexibility index (Phi) is 5.68. The molecule has 1 aromatic carbocycles. The molecule has 1 atom stereocenters. The summed E-state index contributed by atoms with van der Waals surface area (Å²) in [7, 11) is 1.70. The van der Waals surface area contributed by atoms with Gasteiger partial charge in [-0.25, -0.2) is 0 Å². The average Bonchev–Trinajstić information content (AvgIpc) is 2.81. The van der Waals surface area contributed by atoms with Crippen molar-refractivity contribution in [3.05, 3.63) is 50.2 Å². The van der Waals surface area contributed by atoms with E-state index < -0.39 is 0 Å². The Bertz CT molecular complexity index is 609. The Morgan fingerprint density at radius 1 is 1.29 bits per heavy atom. The molecular weight excluding hydrogens is 302 g/mol. The molecule has 0 aliphatic heterocycles. The van der Waals surface area contributed by atoms with Gasteiger partial charge in [-0.15, -0.1) is 11.3 Å². The summed E-state index contributed by atoms with van der Waals surface area (Å²) in [6.07, 6.45) is 1.09. The number of halogens is 1. The van der Waals surface area contributed by atoms with Crippen molar-refractivity contribution >= 4 is 22.9 Å². The van der Waals surface area contributed by atoms with Crippen LogP contribution >= 0.6 is 22.9 Å². The fourth-order valence-electron chi connectivity index (χ4n) is 2.38. The molecule has 0 spiro atoms. The lowest BCUT2D eigenvalue weighted by molar-refractivity contribution is 0.414. The highest BCUT2D eigenvalue weighted by Crippen LogP contribution is 2.37. The van der Waals surface area contributed by atoms with Gasteiger partial charge in [0.1, 0.15) is 5.75 Å². The van der Waals surface area contributed by atoms with E-state index in [1.807, 2.05) is 6.07 Å². The third-order valence-corrected chi connectivity index (χ3v) is 5.35. The standard InChI is InChI=1S/C17H22ClNOS/c1-5-8-19-16(17-15(18)12(3)10-21-17)14-7-6-13(20-4)9-11(14)2/h6-7,9-10,16,19H,5,8H2,1-4H3. The van der Waals surface area contributed by atoms with Gasteiger partial charge < -0.3 is 10.1 Å². The molecule has 1 unspecified atom stereocenters. The lowest BCUT2D eigenvalue weighted by Gasteiger charge is -2.21. The molecule has 0 aliphatic rings. The maximum absolute atomic E-state index is 6.49. The monoisotopic (exact) mass is 323 g/mol. The number of benzene rings is 1. The molecule has 2 rings (SSSR count). The van der Waals surface area contributed by atoms with Gasteiger partial charge in [0.25, 0.3) is 0 Å². The lowest BCUT2D eigenvalue weighted by atomic mass is 9.99. The quantitative estimate of drug-likeness (QED) is 0.797. The second-order valence-corrected chi connectivity index (χ2v) is 6.50. The van der Waals surface area contributed by atoms with Crippen molar-refractivity contribution < 1.29 is 4.74 Å². The van der Waals surface area contributed by atoms with Gasteiger partial charge in [-0.3, -0.25) is 0 Å². The van der Waals surface area contributed by atoms with Crippen LogP contribution in [-0.4, -0.2) is 13.7 Å². The second kappa shape index (κ2) is 7.30. The van der Waals surface area contributed by atoms with Crippen LogP contribution in [0.4, 0.5) is 0 Å². The molecule has 21 heavy (non-hydrogen) atoms. The van der Waals surface area contributed by atoms with E-state index in [-0.39, 0.29) is 6.04 Å². The molecule has 0 bridgehead atoms. The third kappa shape index (κ3) is 3.60. The summed E-state index contributed by atoms with van der Waals surface area (Å²) in [6, 6.07) is 6.36. The summed E-state index contributed by atoms with van der Waals surface area (Å²) in [5, 5.41) is 6.62. The molecule has 1 heterocycles. The first kappa shape index (κ1) is 16.3. The van der Waals surface area contributed by atoms with Crippen LogP contribution in [0.15, 0.2) is 23.6 Å². The fourth-order valence-corrected chi connectivity index (χ4v) is 3.77. The highest BCUT2D eigenvalue weighted by atomic mass is 35.5. The van der Waals surface area contributed by atoms with Gasteiger partial charge in [-0.1, -0.05) is 24.6 Å². The average molecular weight is 324 g/mol. The Hall–Kier alpha value is -1.03. The number of nitrogens with one attached hydrogen (secondary N) is 1. The van der Waals surface area contributed by atoms with Crippen LogP contribution in [0, 0.1) is 13.8 Å². The molecule has 1 aromatic heterocycles. The summed E-state index contributed by atoms with van der Waals surface area (Å²) in [5.41, 5.74) is 3.62. The summed E-state index contributed by atoms with van der Waals surface area (Å²) in [4.78, 5) is 1.19. The van der Waals surface area contributed by atoms with E-state index in [0.717, 1.165) is 29.3 Å². The Morgan fingerprint density at radius 3 is 2.57 bits per heavy atom. The Morgan fingerprint density at radius 2 is 2.05 bits per heavy atom. The molecule has 0 radical (unpaired) electrons. The molecule has 1 N–H and O–H groups in total. The molecule has 2 aromatic rings. The SMILES string of the molecule is CCCNC(c1ccc(OC)cc1C)c1scc(C)c1Cl. The number of methoxy groups -OCH3 is 1. The summed E-state index contributed by atoms with van der Waals surface area (Å²) >= 11 is 8.21. The molecular formula is C17H22ClNOS. The zero-order valence-corrected chi connectivity index (χ0v) is 14.6. The first-order valence-electron chi connectivity index (χ1n) is 7.19. The number of rotatable bonds is 6. The number of ether oxygens (including phenoxy) is 1. The smallest absolute Gasteiger partial charge is 0.119 e. The maximum atomic E-state index is 6.49. The van der Waals surface area contributed by atoms with E-state index in [2.05, 4.69) is 43.6 Å². The first-order chi connectivity index (χ1) is 10.1. The largest absolute Gasteiger partial charge is 0.497 e. The highest BCUT2D eigenvalue weighted by molar-refractivity contribution is 7.10. The zero-order chi connectivity index (χ0) is 15.4. The van der Waals surface area contributed by atoms with Crippen molar-refractivity contribution in [1.82, 2.24) is 5.32 Å². The molecule has 0 fully saturated rings. The van der Waals surface area contributed by atoms with E-state index in [4.69, 9.17) is 16.3 Å². The van der Waals surface area contributed by atoms with Crippen molar-refractivity contribution in [2.24, 2.45) is 0 Å². The first-order valence-corrected chi connectivity index (χ1v) is 8.45. The van der Waals surface area contributed by atoms with Gasteiger partial charge in [0.15, 0.2) is 0 Å². The van der Waals surface area contributed by atoms with Crippen molar-refractivity contribution in [3.8, 4) is 5.75 Å². The number of thiophene rings is 1. The third-order valence-electron chi connectivity index (χ3n) is 3.57. The summed E-state index contributed by atoms with van der Waals surface area (Å²) in [5.74, 6) is 0.888. The molecule has 0 saturated carbocycles. The van der Waals surface area contributed by atoms with Crippen LogP contribution in [0.1, 0.15) is 41.0 Å². The highest BCUT2D eigenvalue weighted by Gasteiger charge is 2.21. The zero-order valence-electron chi connectivity index (χ0n) is 13.0. The van der Waals surface area contributed by atoms with E-state index in [9.17, 15) is 0 Å². The molecule has 0 saturated heterocycles. The van der Waals surface area contributed by atoms with Crippen LogP contribution in [0.5, 0.6) is 5.75 Å². The minimum absolute atomic E-state index is 0.141. The van der Waals surface area contributed by atoms with E-state index in [0.29, 0.717) is 0 Å². The topological polar surface area (TPSA) is 21.3 Å². The predicted molar refractivity (Wildman–Crippen MR) is 91.9 cm³/mol. The second-order valence-electron chi connectivity index (χ2n) is 5.21. The number of aryl methyl sites for hydroxylation is 2. The molecule has 4 heteroatoms. The molecule has 0 amide bonds. The van der Waals surface area contributed by atoms with Crippen molar-refractivity contribution in [2.45, 2.75) is 33.2 Å². The Balaban J connectivity index is 2.43. The van der Waals surface area contributed by atoms with Crippen LogP contribution in [0.25, 0.3) is 0 Å².